The van der Waals surface area contributed by atoms with Crippen LogP contribution in [0.1, 0.15) is 46.0 Å². The van der Waals surface area contributed by atoms with E-state index in [1.165, 1.54) is 18.4 Å². The molecule has 0 fully saturated rings. The van der Waals surface area contributed by atoms with E-state index < -0.39 is 0 Å². The summed E-state index contributed by atoms with van der Waals surface area (Å²) in [6, 6.07) is 0. The SMILES string of the molecule is [CH2-]/C=C(\C[CH2-])CCC.[CH2-]CCC.[Ni+3]. The predicted molar refractivity (Wildman–Crippen MR) is 58.6 cm³/mol. The van der Waals surface area contributed by atoms with Crippen molar-refractivity contribution in [2.75, 3.05) is 0 Å². The number of hydrogen-bond acceptors (Lipinski definition) is 0. The molecule has 81 valence electrons. The molecule has 0 aliphatic rings. The van der Waals surface area contributed by atoms with Crippen molar-refractivity contribution in [3.05, 3.63) is 32.4 Å². The van der Waals surface area contributed by atoms with Gasteiger partial charge in [-0.15, -0.1) is 6.42 Å². The van der Waals surface area contributed by atoms with Gasteiger partial charge in [-0.2, -0.15) is 6.42 Å². The summed E-state index contributed by atoms with van der Waals surface area (Å²) >= 11 is 0. The van der Waals surface area contributed by atoms with E-state index in [0.29, 0.717) is 0 Å². The zero-order valence-corrected chi connectivity index (χ0v) is 10.0. The normalized spacial score (nSPS) is 9.69. The molecule has 0 saturated carbocycles. The van der Waals surface area contributed by atoms with Crippen molar-refractivity contribution in [3.8, 4) is 0 Å². The van der Waals surface area contributed by atoms with E-state index >= 15 is 0 Å². The molecule has 0 aliphatic heterocycles. The molecule has 0 rings (SSSR count). The monoisotopic (exact) mass is 225 g/mol. The van der Waals surface area contributed by atoms with Gasteiger partial charge in [-0.1, -0.05) is 26.7 Å². The van der Waals surface area contributed by atoms with E-state index in [-0.39, 0.29) is 16.5 Å². The van der Waals surface area contributed by atoms with Crippen molar-refractivity contribution >= 4 is 0 Å². The molecule has 0 aromatic rings. The maximum absolute atomic E-state index is 3.77. The number of rotatable bonds is 4. The fourth-order valence-corrected chi connectivity index (χ4v) is 0.650. The van der Waals surface area contributed by atoms with Gasteiger partial charge in [-0.25, -0.2) is 25.0 Å². The van der Waals surface area contributed by atoms with Crippen LogP contribution in [-0.4, -0.2) is 0 Å². The minimum Gasteiger partial charge on any atom is -0.356 e. The Kier molecular flexibility index (Phi) is 26.0. The topological polar surface area (TPSA) is 0 Å². The van der Waals surface area contributed by atoms with Crippen LogP contribution in [0, 0.1) is 20.8 Å². The number of hydrogen-bond donors (Lipinski definition) is 0. The Morgan fingerprint density at radius 3 is 1.69 bits per heavy atom. The Balaban J connectivity index is -0.000000173. The smallest absolute Gasteiger partial charge is 0.356 e. The summed E-state index contributed by atoms with van der Waals surface area (Å²) < 4.78 is 0. The maximum atomic E-state index is 3.77. The fourth-order valence-electron chi connectivity index (χ4n) is 0.650. The van der Waals surface area contributed by atoms with Crippen molar-refractivity contribution in [2.24, 2.45) is 0 Å². The zero-order valence-electron chi connectivity index (χ0n) is 9.05. The summed E-state index contributed by atoms with van der Waals surface area (Å²) in [6.07, 6.45) is 7.47. The molecule has 0 aromatic carbocycles. The molecule has 0 bridgehead atoms. The van der Waals surface area contributed by atoms with Gasteiger partial charge in [-0.05, 0) is 0 Å². The molecular formula is C12H23Ni. The van der Waals surface area contributed by atoms with Crippen LogP contribution < -0.4 is 0 Å². The molecule has 0 aromatic heterocycles. The average molecular weight is 226 g/mol. The molecule has 0 heterocycles. The first-order valence-corrected chi connectivity index (χ1v) is 4.82. The van der Waals surface area contributed by atoms with Gasteiger partial charge in [0.2, 0.25) is 0 Å². The van der Waals surface area contributed by atoms with Crippen LogP contribution in [0.3, 0.4) is 0 Å². The van der Waals surface area contributed by atoms with E-state index in [2.05, 4.69) is 34.6 Å². The second-order valence-electron chi connectivity index (χ2n) is 2.72. The molecule has 1 heteroatoms. The van der Waals surface area contributed by atoms with E-state index in [4.69, 9.17) is 0 Å². The first-order valence-electron chi connectivity index (χ1n) is 4.82. The molecule has 0 atom stereocenters. The van der Waals surface area contributed by atoms with Crippen LogP contribution >= 0.6 is 0 Å². The summed E-state index contributed by atoms with van der Waals surface area (Å²) in [6.45, 7) is 15.3. The van der Waals surface area contributed by atoms with Crippen molar-refractivity contribution < 1.29 is 16.5 Å². The van der Waals surface area contributed by atoms with Crippen LogP contribution in [0.2, 0.25) is 0 Å². The first kappa shape index (κ1) is 18.8. The average Bonchev–Trinajstić information content (AvgIpc) is 2.14. The summed E-state index contributed by atoms with van der Waals surface area (Å²) in [7, 11) is 0. The zero-order chi connectivity index (χ0) is 9.82. The Morgan fingerprint density at radius 1 is 1.15 bits per heavy atom. The molecule has 0 nitrogen and oxygen atoms in total. The van der Waals surface area contributed by atoms with Gasteiger partial charge in [0.15, 0.2) is 0 Å². The third-order valence-corrected chi connectivity index (χ3v) is 1.53. The Morgan fingerprint density at radius 2 is 1.62 bits per heavy atom. The Bertz CT molecular complexity index is 93.3. The van der Waals surface area contributed by atoms with Gasteiger partial charge in [0.25, 0.3) is 0 Å². The van der Waals surface area contributed by atoms with Crippen LogP contribution in [0.4, 0.5) is 0 Å². The van der Waals surface area contributed by atoms with Crippen molar-refractivity contribution in [1.29, 1.82) is 0 Å². The summed E-state index contributed by atoms with van der Waals surface area (Å²) in [5.41, 5.74) is 1.37. The van der Waals surface area contributed by atoms with Gasteiger partial charge < -0.3 is 13.8 Å². The summed E-state index contributed by atoms with van der Waals surface area (Å²) in [5.74, 6) is 0. The number of allylic oxidation sites excluding steroid dienone is 2. The second kappa shape index (κ2) is 18.0. The van der Waals surface area contributed by atoms with Crippen LogP contribution in [0.25, 0.3) is 0 Å². The fraction of sp³-hybridized carbons (Fsp3) is 0.583. The third-order valence-electron chi connectivity index (χ3n) is 1.53. The van der Waals surface area contributed by atoms with Gasteiger partial charge in [0.05, 0.1) is 0 Å². The van der Waals surface area contributed by atoms with E-state index in [1.807, 2.05) is 6.08 Å². The Hall–Kier alpha value is 0.104. The second-order valence-corrected chi connectivity index (χ2v) is 2.72. The molecule has 0 unspecified atom stereocenters. The molecule has 1 radical (unpaired) electrons. The van der Waals surface area contributed by atoms with Gasteiger partial charge >= 0.3 is 16.5 Å². The van der Waals surface area contributed by atoms with Crippen LogP contribution in [0.15, 0.2) is 11.6 Å². The Labute approximate surface area is 95.1 Å². The molecule has 0 saturated heterocycles. The van der Waals surface area contributed by atoms with Crippen LogP contribution in [-0.2, 0) is 16.5 Å². The molecule has 13 heavy (non-hydrogen) atoms. The van der Waals surface area contributed by atoms with Crippen LogP contribution in [0.5, 0.6) is 0 Å². The predicted octanol–water partition coefficient (Wildman–Crippen LogP) is 4.39. The summed E-state index contributed by atoms with van der Waals surface area (Å²) in [5, 5.41) is 0. The molecular weight excluding hydrogens is 203 g/mol. The first-order chi connectivity index (χ1) is 5.76. The van der Waals surface area contributed by atoms with Crippen molar-refractivity contribution in [1.82, 2.24) is 0 Å². The van der Waals surface area contributed by atoms with Gasteiger partial charge in [0.1, 0.15) is 0 Å². The van der Waals surface area contributed by atoms with Gasteiger partial charge in [-0.3, -0.25) is 0 Å². The quantitative estimate of drug-likeness (QED) is 0.492. The minimum atomic E-state index is 0. The van der Waals surface area contributed by atoms with Crippen molar-refractivity contribution in [3.63, 3.8) is 0 Å². The third kappa shape index (κ3) is 18.8. The molecule has 0 aliphatic carbocycles. The largest absolute Gasteiger partial charge is 3.00 e. The maximum Gasteiger partial charge on any atom is 3.00 e. The van der Waals surface area contributed by atoms with E-state index in [0.717, 1.165) is 19.3 Å². The van der Waals surface area contributed by atoms with Crippen molar-refractivity contribution in [2.45, 2.75) is 46.0 Å². The molecule has 0 amide bonds. The summed E-state index contributed by atoms with van der Waals surface area (Å²) in [4.78, 5) is 0. The standard InChI is InChI=1S/C8H14.C4H9.Ni/c1-4-7-8(5-2)6-3;1-3-4-2;/h5H,2-4,6-7H2,1H3;1,3-4H2,2H3;/q-2;-1;+3/b8-5+;;. The molecule has 0 N–H and O–H groups in total. The van der Waals surface area contributed by atoms with E-state index in [1.54, 1.807) is 0 Å². The minimum absolute atomic E-state index is 0. The molecule has 0 spiro atoms. The number of unbranched alkanes of at least 4 members (excludes halogenated alkanes) is 1. The van der Waals surface area contributed by atoms with E-state index in [9.17, 15) is 0 Å². The van der Waals surface area contributed by atoms with Gasteiger partial charge in [0, 0.05) is 0 Å².